The lowest BCUT2D eigenvalue weighted by Crippen LogP contribution is -2.46. The summed E-state index contributed by atoms with van der Waals surface area (Å²) in [6.45, 7) is 2.49. The number of aliphatic carboxylic acids is 1. The predicted octanol–water partition coefficient (Wildman–Crippen LogP) is 4.91. The maximum absolute atomic E-state index is 13.1. The van der Waals surface area contributed by atoms with Gasteiger partial charge in [-0.15, -0.1) is 0 Å². The fraction of sp³-hybridized carbons (Fsp3) is 0.296. The van der Waals surface area contributed by atoms with Crippen molar-refractivity contribution < 1.29 is 37.4 Å². The Morgan fingerprint density at radius 1 is 1.13 bits per heavy atom. The highest BCUT2D eigenvalue weighted by Crippen LogP contribution is 2.24. The van der Waals surface area contributed by atoms with Crippen molar-refractivity contribution >= 4 is 23.4 Å². The van der Waals surface area contributed by atoms with Crippen molar-refractivity contribution in [3.63, 3.8) is 0 Å². The Labute approximate surface area is 222 Å². The number of hydrogen-bond donors (Lipinski definition) is 3. The fourth-order valence-electron chi connectivity index (χ4n) is 4.07. The molecule has 1 saturated heterocycles. The molecule has 1 aromatic heterocycles. The minimum atomic E-state index is -5.08. The van der Waals surface area contributed by atoms with Crippen LogP contribution in [0.4, 0.5) is 29.1 Å². The van der Waals surface area contributed by atoms with Crippen LogP contribution in [0.25, 0.3) is 0 Å². The third kappa shape index (κ3) is 8.95. The number of amides is 1. The number of carbonyl (C=O) groups excluding carboxylic acids is 1. The van der Waals surface area contributed by atoms with E-state index < -0.39 is 12.1 Å². The lowest BCUT2D eigenvalue weighted by atomic mass is 10.0. The maximum Gasteiger partial charge on any atom is 0.490 e. The van der Waals surface area contributed by atoms with Gasteiger partial charge in [-0.1, -0.05) is 12.1 Å². The fourth-order valence-corrected chi connectivity index (χ4v) is 4.07. The Balaban J connectivity index is 0.000000532. The molecule has 1 amide bonds. The summed E-state index contributed by atoms with van der Waals surface area (Å²) in [6, 6.07) is 16.8. The minimum absolute atomic E-state index is 0.282. The first-order valence-corrected chi connectivity index (χ1v) is 12.0. The Morgan fingerprint density at radius 2 is 1.82 bits per heavy atom. The van der Waals surface area contributed by atoms with Gasteiger partial charge >= 0.3 is 12.1 Å². The van der Waals surface area contributed by atoms with Crippen LogP contribution in [0.5, 0.6) is 5.75 Å². The van der Waals surface area contributed by atoms with Crippen molar-refractivity contribution in [2.24, 2.45) is 0 Å². The number of nitrogens with zero attached hydrogens (tertiary/aromatic N) is 3. The van der Waals surface area contributed by atoms with Gasteiger partial charge in [-0.25, -0.2) is 14.2 Å². The molecule has 39 heavy (non-hydrogen) atoms. The van der Waals surface area contributed by atoms with Gasteiger partial charge in [0.15, 0.2) is 0 Å². The molecule has 1 atom stereocenters. The molecule has 3 N–H and O–H groups in total. The Kier molecular flexibility index (Phi) is 9.83. The van der Waals surface area contributed by atoms with Crippen LogP contribution in [0.3, 0.4) is 0 Å². The van der Waals surface area contributed by atoms with Crippen LogP contribution in [0, 0.1) is 5.82 Å². The number of phenolic OH excluding ortho intramolecular Hbond substituents is 1. The second kappa shape index (κ2) is 13.1. The van der Waals surface area contributed by atoms with Gasteiger partial charge in [0.25, 0.3) is 5.91 Å². The first-order chi connectivity index (χ1) is 18.4. The van der Waals surface area contributed by atoms with E-state index in [1.807, 2.05) is 18.2 Å². The van der Waals surface area contributed by atoms with Crippen LogP contribution in [0.1, 0.15) is 28.8 Å². The zero-order valence-corrected chi connectivity index (χ0v) is 21.0. The van der Waals surface area contributed by atoms with Gasteiger partial charge in [0.2, 0.25) is 0 Å². The molecular weight excluding hydrogens is 520 g/mol. The molecule has 1 aliphatic rings. The SMILES string of the molecule is CN(Cc1cccc(O)c1)C1CCCN(c2cc(NC(=O)c3ccc(F)cc3)ccn2)C1.O=C(O)C(F)(F)F. The molecule has 4 rings (SSSR count). The summed E-state index contributed by atoms with van der Waals surface area (Å²) in [5, 5.41) is 19.7. The zero-order chi connectivity index (χ0) is 28.6. The number of carbonyl (C=O) groups is 2. The van der Waals surface area contributed by atoms with Crippen LogP contribution in [0.2, 0.25) is 0 Å². The lowest BCUT2D eigenvalue weighted by molar-refractivity contribution is -0.192. The summed E-state index contributed by atoms with van der Waals surface area (Å²) in [5.41, 5.74) is 2.13. The second-order valence-electron chi connectivity index (χ2n) is 8.99. The van der Waals surface area contributed by atoms with Crippen molar-refractivity contribution in [3.05, 3.63) is 83.8 Å². The highest BCUT2D eigenvalue weighted by atomic mass is 19.4. The van der Waals surface area contributed by atoms with Crippen molar-refractivity contribution in [1.82, 2.24) is 9.88 Å². The molecule has 208 valence electrons. The maximum atomic E-state index is 13.1. The first kappa shape index (κ1) is 29.4. The number of nitrogens with one attached hydrogen (secondary N) is 1. The normalized spacial score (nSPS) is 15.3. The number of carboxylic acids is 1. The number of phenols is 1. The number of alkyl halides is 3. The van der Waals surface area contributed by atoms with Crippen LogP contribution in [-0.2, 0) is 11.3 Å². The molecule has 0 bridgehead atoms. The van der Waals surface area contributed by atoms with Gasteiger partial charge in [0, 0.05) is 49.2 Å². The van der Waals surface area contributed by atoms with E-state index in [-0.39, 0.29) is 17.5 Å². The van der Waals surface area contributed by atoms with Crippen LogP contribution < -0.4 is 10.2 Å². The summed E-state index contributed by atoms with van der Waals surface area (Å²) in [7, 11) is 2.10. The average molecular weight is 549 g/mol. The molecule has 1 aliphatic heterocycles. The predicted molar refractivity (Wildman–Crippen MR) is 137 cm³/mol. The Hall–Kier alpha value is -4.19. The highest BCUT2D eigenvalue weighted by Gasteiger charge is 2.38. The number of likely N-dealkylation sites (N-methyl/N-ethyl adjacent to an activating group) is 1. The summed E-state index contributed by atoms with van der Waals surface area (Å²) in [5.74, 6) is -2.32. The van der Waals surface area contributed by atoms with Gasteiger partial charge in [-0.2, -0.15) is 13.2 Å². The number of aromatic nitrogens is 1. The van der Waals surface area contributed by atoms with E-state index in [1.54, 1.807) is 24.4 Å². The van der Waals surface area contributed by atoms with E-state index in [1.165, 1.54) is 24.3 Å². The van der Waals surface area contributed by atoms with Gasteiger partial charge in [0.05, 0.1) is 0 Å². The molecule has 8 nitrogen and oxygen atoms in total. The van der Waals surface area contributed by atoms with Crippen LogP contribution >= 0.6 is 0 Å². The molecule has 1 fully saturated rings. The molecule has 3 aromatic rings. The third-order valence-corrected chi connectivity index (χ3v) is 6.04. The number of piperidine rings is 1. The summed E-state index contributed by atoms with van der Waals surface area (Å²) >= 11 is 0. The molecule has 12 heteroatoms. The van der Waals surface area contributed by atoms with Gasteiger partial charge in [-0.05, 0) is 67.9 Å². The molecule has 0 radical (unpaired) electrons. The van der Waals surface area contributed by atoms with Crippen molar-refractivity contribution in [2.45, 2.75) is 31.6 Å². The van der Waals surface area contributed by atoms with E-state index in [0.29, 0.717) is 17.3 Å². The quantitative estimate of drug-likeness (QED) is 0.376. The number of hydrogen-bond acceptors (Lipinski definition) is 6. The average Bonchev–Trinajstić information content (AvgIpc) is 2.89. The summed E-state index contributed by atoms with van der Waals surface area (Å²) < 4.78 is 44.8. The van der Waals surface area contributed by atoms with E-state index in [0.717, 1.165) is 43.9 Å². The number of halogens is 4. The molecule has 2 aromatic carbocycles. The Morgan fingerprint density at radius 3 is 2.46 bits per heavy atom. The van der Waals surface area contributed by atoms with Crippen molar-refractivity contribution in [2.75, 3.05) is 30.4 Å². The second-order valence-corrected chi connectivity index (χ2v) is 8.99. The van der Waals surface area contributed by atoms with E-state index in [9.17, 15) is 27.5 Å². The summed E-state index contributed by atoms with van der Waals surface area (Å²) in [4.78, 5) is 30.4. The lowest BCUT2D eigenvalue weighted by Gasteiger charge is -2.38. The van der Waals surface area contributed by atoms with Crippen molar-refractivity contribution in [3.8, 4) is 5.75 Å². The topological polar surface area (TPSA) is 106 Å². The molecule has 1 unspecified atom stereocenters. The highest BCUT2D eigenvalue weighted by molar-refractivity contribution is 6.04. The third-order valence-electron chi connectivity index (χ3n) is 6.04. The minimum Gasteiger partial charge on any atom is -0.508 e. The van der Waals surface area contributed by atoms with Gasteiger partial charge in [0.1, 0.15) is 17.4 Å². The molecule has 0 saturated carbocycles. The Bertz CT molecular complexity index is 1270. The first-order valence-electron chi connectivity index (χ1n) is 12.0. The molecule has 0 spiro atoms. The van der Waals surface area contributed by atoms with E-state index >= 15 is 0 Å². The van der Waals surface area contributed by atoms with E-state index in [4.69, 9.17) is 9.90 Å². The number of anilines is 2. The number of aromatic hydroxyl groups is 1. The smallest absolute Gasteiger partial charge is 0.490 e. The summed E-state index contributed by atoms with van der Waals surface area (Å²) in [6.07, 6.45) is -1.26. The zero-order valence-electron chi connectivity index (χ0n) is 21.0. The standard InChI is InChI=1S/C25H27FN4O2.C2HF3O2/c1-29(16-18-4-2-6-23(31)14-18)22-5-3-13-30(17-22)24-15-21(11-12-27-24)28-25(32)19-7-9-20(26)10-8-19;3-2(4,5)1(6)7/h2,4,6-12,14-15,22,31H,3,5,13,16-17H2,1H3,(H,27,28,32);(H,6,7). The molecule has 0 aliphatic carbocycles. The largest absolute Gasteiger partial charge is 0.508 e. The molecule has 2 heterocycles. The number of pyridine rings is 1. The van der Waals surface area contributed by atoms with Crippen molar-refractivity contribution in [1.29, 1.82) is 0 Å². The van der Waals surface area contributed by atoms with Gasteiger partial charge < -0.3 is 20.4 Å². The molecular formula is C27H28F4N4O4. The van der Waals surface area contributed by atoms with Crippen LogP contribution in [-0.4, -0.2) is 64.3 Å². The van der Waals surface area contributed by atoms with E-state index in [2.05, 4.69) is 27.1 Å². The monoisotopic (exact) mass is 548 g/mol. The van der Waals surface area contributed by atoms with Gasteiger partial charge in [-0.3, -0.25) is 9.69 Å². The van der Waals surface area contributed by atoms with Crippen LogP contribution in [0.15, 0.2) is 66.9 Å². The number of benzene rings is 2. The number of rotatable bonds is 6. The number of carboxylic acid groups (broad SMARTS) is 1.